The van der Waals surface area contributed by atoms with Crippen LogP contribution in [0, 0.1) is 5.82 Å². The van der Waals surface area contributed by atoms with Crippen molar-refractivity contribution in [3.63, 3.8) is 0 Å². The first-order valence-electron chi connectivity index (χ1n) is 8.10. The Bertz CT molecular complexity index is 766. The summed E-state index contributed by atoms with van der Waals surface area (Å²) >= 11 is 0. The van der Waals surface area contributed by atoms with E-state index in [1.807, 2.05) is 6.20 Å². The lowest BCUT2D eigenvalue weighted by Gasteiger charge is -2.12. The summed E-state index contributed by atoms with van der Waals surface area (Å²) in [4.78, 5) is 20.6. The second-order valence-corrected chi connectivity index (χ2v) is 5.80. The molecule has 25 heavy (non-hydrogen) atoms. The molecular formula is C18H24FN5O. The first kappa shape index (κ1) is 18.5. The van der Waals surface area contributed by atoms with Crippen molar-refractivity contribution in [1.29, 1.82) is 0 Å². The fourth-order valence-corrected chi connectivity index (χ4v) is 2.30. The third-order valence-electron chi connectivity index (χ3n) is 3.70. The molecule has 0 unspecified atom stereocenters. The number of aliphatic imine (C=N–C) groups is 1. The van der Waals surface area contributed by atoms with Crippen LogP contribution in [0.5, 0.6) is 0 Å². The smallest absolute Gasteiger partial charge is 0.243 e. The van der Waals surface area contributed by atoms with E-state index in [1.165, 1.54) is 17.0 Å². The van der Waals surface area contributed by atoms with E-state index >= 15 is 0 Å². The van der Waals surface area contributed by atoms with Gasteiger partial charge in [-0.05, 0) is 30.2 Å². The zero-order valence-corrected chi connectivity index (χ0v) is 14.6. The Morgan fingerprint density at radius 2 is 2.20 bits per heavy atom. The first-order chi connectivity index (χ1) is 12.0. The number of H-pyrrole nitrogens is 1. The van der Waals surface area contributed by atoms with Crippen LogP contribution in [0.1, 0.15) is 5.56 Å². The van der Waals surface area contributed by atoms with Crippen molar-refractivity contribution in [2.24, 2.45) is 4.99 Å². The highest BCUT2D eigenvalue weighted by atomic mass is 19.1. The fourth-order valence-electron chi connectivity index (χ4n) is 2.30. The Kier molecular flexibility index (Phi) is 6.56. The summed E-state index contributed by atoms with van der Waals surface area (Å²) in [5.74, 6) is 0.214. The van der Waals surface area contributed by atoms with Gasteiger partial charge in [0.2, 0.25) is 5.91 Å². The van der Waals surface area contributed by atoms with Gasteiger partial charge in [-0.1, -0.05) is 6.08 Å². The fraction of sp³-hybridized carbons (Fsp3) is 0.333. The number of carbonyl (C=O) groups excluding carboxylic acids is 1. The Morgan fingerprint density at radius 1 is 1.40 bits per heavy atom. The van der Waals surface area contributed by atoms with Gasteiger partial charge in [0.15, 0.2) is 5.96 Å². The molecule has 6 nitrogen and oxygen atoms in total. The number of aromatic nitrogens is 1. The molecule has 1 aromatic heterocycles. The lowest BCUT2D eigenvalue weighted by molar-refractivity contribution is -0.127. The standard InChI is InChI=1S/C18H24FN5O/c1-4-8-20-18(23-12-17(25)24(2)3)21-9-7-13-11-22-16-6-5-14(19)10-15(13)16/h4-6,10-11,22H,1,7-9,12H2,2-3H3,(H2,20,21,23). The Balaban J connectivity index is 1.97. The van der Waals surface area contributed by atoms with Gasteiger partial charge in [-0.2, -0.15) is 0 Å². The number of rotatable bonds is 7. The molecule has 0 spiro atoms. The Morgan fingerprint density at radius 3 is 2.92 bits per heavy atom. The Labute approximate surface area is 146 Å². The molecule has 0 bridgehead atoms. The summed E-state index contributed by atoms with van der Waals surface area (Å²) in [7, 11) is 3.39. The highest BCUT2D eigenvalue weighted by Gasteiger charge is 2.07. The highest BCUT2D eigenvalue weighted by Crippen LogP contribution is 2.19. The van der Waals surface area contributed by atoms with E-state index < -0.39 is 0 Å². The van der Waals surface area contributed by atoms with Gasteiger partial charge in [-0.3, -0.25) is 4.79 Å². The number of guanidine groups is 1. The van der Waals surface area contributed by atoms with E-state index in [0.717, 1.165) is 16.5 Å². The van der Waals surface area contributed by atoms with Crippen LogP contribution in [0.4, 0.5) is 4.39 Å². The summed E-state index contributed by atoms with van der Waals surface area (Å²) in [6, 6.07) is 4.70. The molecule has 0 aliphatic carbocycles. The van der Waals surface area contributed by atoms with E-state index in [4.69, 9.17) is 0 Å². The van der Waals surface area contributed by atoms with Crippen molar-refractivity contribution in [3.05, 3.63) is 48.4 Å². The summed E-state index contributed by atoms with van der Waals surface area (Å²) in [6.45, 7) is 4.87. The van der Waals surface area contributed by atoms with E-state index in [-0.39, 0.29) is 18.3 Å². The lowest BCUT2D eigenvalue weighted by atomic mass is 10.1. The molecule has 0 aliphatic rings. The quantitative estimate of drug-likeness (QED) is 0.406. The van der Waals surface area contributed by atoms with Crippen LogP contribution in [-0.4, -0.2) is 55.5 Å². The molecule has 0 atom stereocenters. The molecule has 3 N–H and O–H groups in total. The number of halogens is 1. The van der Waals surface area contributed by atoms with Gasteiger partial charge in [0.25, 0.3) is 0 Å². The van der Waals surface area contributed by atoms with E-state index in [0.29, 0.717) is 25.5 Å². The van der Waals surface area contributed by atoms with Crippen molar-refractivity contribution in [1.82, 2.24) is 20.5 Å². The van der Waals surface area contributed by atoms with Crippen LogP contribution in [0.2, 0.25) is 0 Å². The van der Waals surface area contributed by atoms with Crippen LogP contribution in [-0.2, 0) is 11.2 Å². The number of nitrogens with zero attached hydrogens (tertiary/aromatic N) is 2. The normalized spacial score (nSPS) is 11.4. The molecule has 0 fully saturated rings. The van der Waals surface area contributed by atoms with Gasteiger partial charge in [0.05, 0.1) is 0 Å². The maximum atomic E-state index is 13.4. The van der Waals surface area contributed by atoms with Crippen LogP contribution in [0.25, 0.3) is 10.9 Å². The summed E-state index contributed by atoms with van der Waals surface area (Å²) in [6.07, 6.45) is 4.29. The third kappa shape index (κ3) is 5.34. The van der Waals surface area contributed by atoms with E-state index in [1.54, 1.807) is 26.2 Å². The summed E-state index contributed by atoms with van der Waals surface area (Å²) in [5.41, 5.74) is 1.93. The number of benzene rings is 1. The molecule has 1 aromatic carbocycles. The molecule has 7 heteroatoms. The van der Waals surface area contributed by atoms with Gasteiger partial charge >= 0.3 is 0 Å². The molecule has 0 aliphatic heterocycles. The molecule has 134 valence electrons. The van der Waals surface area contributed by atoms with Gasteiger partial charge in [-0.25, -0.2) is 9.38 Å². The van der Waals surface area contributed by atoms with Crippen molar-refractivity contribution in [2.45, 2.75) is 6.42 Å². The van der Waals surface area contributed by atoms with E-state index in [2.05, 4.69) is 27.2 Å². The predicted molar refractivity (Wildman–Crippen MR) is 99.2 cm³/mol. The third-order valence-corrected chi connectivity index (χ3v) is 3.70. The minimum atomic E-state index is -0.251. The number of amides is 1. The number of likely N-dealkylation sites (N-methyl/N-ethyl adjacent to an activating group) is 1. The monoisotopic (exact) mass is 345 g/mol. The number of hydrogen-bond donors (Lipinski definition) is 3. The zero-order valence-electron chi connectivity index (χ0n) is 14.6. The van der Waals surface area contributed by atoms with Gasteiger partial charge in [0.1, 0.15) is 12.4 Å². The Hall–Kier alpha value is -2.83. The van der Waals surface area contributed by atoms with Crippen molar-refractivity contribution >= 4 is 22.8 Å². The van der Waals surface area contributed by atoms with Gasteiger partial charge in [0, 0.05) is 44.3 Å². The largest absolute Gasteiger partial charge is 0.361 e. The number of fused-ring (bicyclic) bond motifs is 1. The molecule has 0 saturated carbocycles. The molecule has 1 heterocycles. The molecule has 2 aromatic rings. The molecule has 1 amide bonds. The minimum Gasteiger partial charge on any atom is -0.361 e. The maximum absolute atomic E-state index is 13.4. The summed E-state index contributed by atoms with van der Waals surface area (Å²) < 4.78 is 13.4. The average Bonchev–Trinajstić information content (AvgIpc) is 2.98. The zero-order chi connectivity index (χ0) is 18.2. The van der Waals surface area contributed by atoms with Crippen LogP contribution in [0.15, 0.2) is 42.0 Å². The van der Waals surface area contributed by atoms with Crippen molar-refractivity contribution in [3.8, 4) is 0 Å². The minimum absolute atomic E-state index is 0.0672. The molecule has 0 saturated heterocycles. The number of carbonyl (C=O) groups is 1. The van der Waals surface area contributed by atoms with Crippen molar-refractivity contribution < 1.29 is 9.18 Å². The second kappa shape index (κ2) is 8.86. The number of nitrogens with one attached hydrogen (secondary N) is 3. The first-order valence-corrected chi connectivity index (χ1v) is 8.10. The predicted octanol–water partition coefficient (Wildman–Crippen LogP) is 1.66. The average molecular weight is 345 g/mol. The second-order valence-electron chi connectivity index (χ2n) is 5.80. The van der Waals surface area contributed by atoms with Crippen LogP contribution >= 0.6 is 0 Å². The van der Waals surface area contributed by atoms with Crippen molar-refractivity contribution in [2.75, 3.05) is 33.7 Å². The molecular weight excluding hydrogens is 321 g/mol. The SMILES string of the molecule is C=CCNC(=NCC(=O)N(C)C)NCCc1c[nH]c2ccc(F)cc12. The lowest BCUT2D eigenvalue weighted by Crippen LogP contribution is -2.39. The van der Waals surface area contributed by atoms with Gasteiger partial charge < -0.3 is 20.5 Å². The maximum Gasteiger partial charge on any atom is 0.243 e. The number of aromatic amines is 1. The van der Waals surface area contributed by atoms with Crippen LogP contribution in [0.3, 0.4) is 0 Å². The van der Waals surface area contributed by atoms with Gasteiger partial charge in [-0.15, -0.1) is 6.58 Å². The van der Waals surface area contributed by atoms with E-state index in [9.17, 15) is 9.18 Å². The molecule has 2 rings (SSSR count). The number of hydrogen-bond acceptors (Lipinski definition) is 2. The summed E-state index contributed by atoms with van der Waals surface area (Å²) in [5, 5.41) is 7.13. The topological polar surface area (TPSA) is 72.5 Å². The van der Waals surface area contributed by atoms with Crippen LogP contribution < -0.4 is 10.6 Å². The molecule has 0 radical (unpaired) electrons. The highest BCUT2D eigenvalue weighted by molar-refractivity contribution is 5.85.